The van der Waals surface area contributed by atoms with E-state index in [1.165, 1.54) is 44.9 Å². The van der Waals surface area contributed by atoms with Crippen LogP contribution in [-0.2, 0) is 0 Å². The largest absolute Gasteiger partial charge is 0.238 e. The average Bonchev–Trinajstić information content (AvgIpc) is 2.20. The molecule has 0 radical (unpaired) electrons. The summed E-state index contributed by atoms with van der Waals surface area (Å²) in [5, 5.41) is 0. The lowest BCUT2D eigenvalue weighted by Gasteiger charge is -2.02. The van der Waals surface area contributed by atoms with Crippen molar-refractivity contribution in [2.24, 2.45) is 0 Å². The summed E-state index contributed by atoms with van der Waals surface area (Å²) in [6, 6.07) is 0. The first-order valence-corrected chi connectivity index (χ1v) is 6.55. The van der Waals surface area contributed by atoms with Crippen molar-refractivity contribution in [3.05, 3.63) is 0 Å². The molecule has 0 unspecified atom stereocenters. The maximum absolute atomic E-state index is 11.8. The van der Waals surface area contributed by atoms with Gasteiger partial charge in [-0.15, -0.1) is 0 Å². The molecule has 0 heterocycles. The van der Waals surface area contributed by atoms with Crippen molar-refractivity contribution in [3.63, 3.8) is 0 Å². The van der Waals surface area contributed by atoms with E-state index in [0.717, 1.165) is 12.8 Å². The SMILES string of the molecule is CCCCCCCCCCCCC(F)F. The molecule has 0 aliphatic rings. The summed E-state index contributed by atoms with van der Waals surface area (Å²) in [6.45, 7) is 2.23. The molecule has 0 bridgehead atoms. The molecular formula is C13H26F2. The molecule has 0 saturated heterocycles. The Labute approximate surface area is 93.4 Å². The molecule has 2 heteroatoms. The van der Waals surface area contributed by atoms with Crippen molar-refractivity contribution in [2.45, 2.75) is 84.0 Å². The highest BCUT2D eigenvalue weighted by Crippen LogP contribution is 2.12. The van der Waals surface area contributed by atoms with Crippen molar-refractivity contribution < 1.29 is 8.78 Å². The summed E-state index contributed by atoms with van der Waals surface area (Å²) in [5.74, 6) is 0. The third-order valence-electron chi connectivity index (χ3n) is 2.78. The first-order valence-electron chi connectivity index (χ1n) is 6.55. The van der Waals surface area contributed by atoms with Gasteiger partial charge in [-0.3, -0.25) is 0 Å². The van der Waals surface area contributed by atoms with Crippen molar-refractivity contribution in [1.82, 2.24) is 0 Å². The van der Waals surface area contributed by atoms with E-state index in [-0.39, 0.29) is 6.42 Å². The Morgan fingerprint density at radius 2 is 1.07 bits per heavy atom. The van der Waals surface area contributed by atoms with Crippen LogP contribution in [0.15, 0.2) is 0 Å². The van der Waals surface area contributed by atoms with Crippen molar-refractivity contribution in [3.8, 4) is 0 Å². The molecule has 0 rings (SSSR count). The van der Waals surface area contributed by atoms with Gasteiger partial charge in [-0.25, -0.2) is 8.78 Å². The van der Waals surface area contributed by atoms with Crippen molar-refractivity contribution in [1.29, 1.82) is 0 Å². The van der Waals surface area contributed by atoms with E-state index in [4.69, 9.17) is 0 Å². The predicted octanol–water partition coefficient (Wildman–Crippen LogP) is 5.56. The van der Waals surface area contributed by atoms with Gasteiger partial charge in [0.05, 0.1) is 0 Å². The highest BCUT2D eigenvalue weighted by molar-refractivity contribution is 4.48. The van der Waals surface area contributed by atoms with E-state index < -0.39 is 6.43 Å². The molecule has 0 aliphatic carbocycles. The van der Waals surface area contributed by atoms with Gasteiger partial charge in [-0.05, 0) is 6.42 Å². The molecule has 92 valence electrons. The van der Waals surface area contributed by atoms with Crippen LogP contribution in [0.25, 0.3) is 0 Å². The van der Waals surface area contributed by atoms with E-state index in [9.17, 15) is 8.78 Å². The van der Waals surface area contributed by atoms with Crippen LogP contribution in [0.5, 0.6) is 0 Å². The van der Waals surface area contributed by atoms with Crippen LogP contribution in [0.2, 0.25) is 0 Å². The second-order valence-corrected chi connectivity index (χ2v) is 4.36. The maximum Gasteiger partial charge on any atom is 0.238 e. The highest BCUT2D eigenvalue weighted by atomic mass is 19.3. The molecule has 0 N–H and O–H groups in total. The molecular weight excluding hydrogens is 194 g/mol. The molecule has 0 saturated carbocycles. The van der Waals surface area contributed by atoms with Crippen LogP contribution in [0.3, 0.4) is 0 Å². The standard InChI is InChI=1S/C13H26F2/c1-2-3-4-5-6-7-8-9-10-11-12-13(14)15/h13H,2-12H2,1H3. The molecule has 0 aliphatic heterocycles. The molecule has 0 nitrogen and oxygen atoms in total. The predicted molar refractivity (Wildman–Crippen MR) is 62.5 cm³/mol. The van der Waals surface area contributed by atoms with Crippen LogP contribution in [0.4, 0.5) is 8.78 Å². The maximum atomic E-state index is 11.8. The van der Waals surface area contributed by atoms with Crippen LogP contribution >= 0.6 is 0 Å². The number of alkyl halides is 2. The lowest BCUT2D eigenvalue weighted by molar-refractivity contribution is 0.133. The Kier molecular flexibility index (Phi) is 11.8. The molecule has 0 amide bonds. The quantitative estimate of drug-likeness (QED) is 0.400. The van der Waals surface area contributed by atoms with Gasteiger partial charge in [0.1, 0.15) is 0 Å². The number of rotatable bonds is 11. The van der Waals surface area contributed by atoms with Gasteiger partial charge in [-0.2, -0.15) is 0 Å². The van der Waals surface area contributed by atoms with Gasteiger partial charge in [-0.1, -0.05) is 64.7 Å². The molecule has 0 aromatic carbocycles. The van der Waals surface area contributed by atoms with Gasteiger partial charge >= 0.3 is 0 Å². The normalized spacial score (nSPS) is 11.2. The molecule has 0 fully saturated rings. The highest BCUT2D eigenvalue weighted by Gasteiger charge is 2.00. The summed E-state index contributed by atoms with van der Waals surface area (Å²) in [5.41, 5.74) is 0. The summed E-state index contributed by atoms with van der Waals surface area (Å²) < 4.78 is 23.6. The fraction of sp³-hybridized carbons (Fsp3) is 1.00. The second kappa shape index (κ2) is 11.9. The molecule has 0 aromatic rings. The third-order valence-corrected chi connectivity index (χ3v) is 2.78. The Morgan fingerprint density at radius 1 is 0.667 bits per heavy atom. The Balaban J connectivity index is 2.87. The molecule has 0 spiro atoms. The van der Waals surface area contributed by atoms with Crippen LogP contribution in [0.1, 0.15) is 77.6 Å². The van der Waals surface area contributed by atoms with Crippen molar-refractivity contribution in [2.75, 3.05) is 0 Å². The first-order chi connectivity index (χ1) is 7.27. The van der Waals surface area contributed by atoms with E-state index >= 15 is 0 Å². The van der Waals surface area contributed by atoms with Gasteiger partial charge in [0.2, 0.25) is 6.43 Å². The van der Waals surface area contributed by atoms with Crippen LogP contribution in [0, 0.1) is 0 Å². The summed E-state index contributed by atoms with van der Waals surface area (Å²) in [6.07, 6.45) is 10.0. The number of hydrogen-bond acceptors (Lipinski definition) is 0. The zero-order chi connectivity index (χ0) is 11.4. The van der Waals surface area contributed by atoms with Crippen LogP contribution < -0.4 is 0 Å². The lowest BCUT2D eigenvalue weighted by atomic mass is 10.1. The van der Waals surface area contributed by atoms with Gasteiger partial charge in [0, 0.05) is 6.42 Å². The summed E-state index contributed by atoms with van der Waals surface area (Å²) >= 11 is 0. The number of hydrogen-bond donors (Lipinski definition) is 0. The summed E-state index contributed by atoms with van der Waals surface area (Å²) in [7, 11) is 0. The lowest BCUT2D eigenvalue weighted by Crippen LogP contribution is -1.89. The van der Waals surface area contributed by atoms with E-state index in [1.807, 2.05) is 0 Å². The summed E-state index contributed by atoms with van der Waals surface area (Å²) in [4.78, 5) is 0. The minimum Gasteiger partial charge on any atom is -0.211 e. The third kappa shape index (κ3) is 13.9. The fourth-order valence-electron chi connectivity index (χ4n) is 1.79. The number of unbranched alkanes of at least 4 members (excludes halogenated alkanes) is 9. The Bertz CT molecular complexity index is 113. The van der Waals surface area contributed by atoms with Crippen LogP contribution in [-0.4, -0.2) is 6.43 Å². The smallest absolute Gasteiger partial charge is 0.211 e. The van der Waals surface area contributed by atoms with Gasteiger partial charge in [0.15, 0.2) is 0 Å². The Morgan fingerprint density at radius 3 is 1.47 bits per heavy atom. The number of halogens is 2. The average molecular weight is 220 g/mol. The zero-order valence-corrected chi connectivity index (χ0v) is 10.1. The zero-order valence-electron chi connectivity index (χ0n) is 10.1. The minimum atomic E-state index is -2.10. The first kappa shape index (κ1) is 14.9. The fourth-order valence-corrected chi connectivity index (χ4v) is 1.79. The topological polar surface area (TPSA) is 0 Å². The molecule has 0 aromatic heterocycles. The van der Waals surface area contributed by atoms with E-state index in [2.05, 4.69) is 6.92 Å². The second-order valence-electron chi connectivity index (χ2n) is 4.36. The monoisotopic (exact) mass is 220 g/mol. The van der Waals surface area contributed by atoms with Gasteiger partial charge in [0.25, 0.3) is 0 Å². The van der Waals surface area contributed by atoms with Gasteiger partial charge < -0.3 is 0 Å². The molecule has 15 heavy (non-hydrogen) atoms. The molecule has 0 atom stereocenters. The van der Waals surface area contributed by atoms with E-state index in [0.29, 0.717) is 6.42 Å². The minimum absolute atomic E-state index is 0.0938. The Hall–Kier alpha value is -0.140. The van der Waals surface area contributed by atoms with E-state index in [1.54, 1.807) is 0 Å². The van der Waals surface area contributed by atoms with Crippen molar-refractivity contribution >= 4 is 0 Å².